The number of rotatable bonds is 7. The van der Waals surface area contributed by atoms with E-state index in [0.717, 1.165) is 16.8 Å². The van der Waals surface area contributed by atoms with Crippen LogP contribution in [-0.4, -0.2) is 22.4 Å². The Morgan fingerprint density at radius 3 is 2.24 bits per heavy atom. The van der Waals surface area contributed by atoms with E-state index < -0.39 is 0 Å². The number of hydrogen-bond acceptors (Lipinski definition) is 3. The molecule has 0 atom stereocenters. The Kier molecular flexibility index (Phi) is 9.04. The van der Waals surface area contributed by atoms with Crippen LogP contribution in [0.15, 0.2) is 64.3 Å². The second-order valence-electron chi connectivity index (χ2n) is 5.37. The number of phenolic OH excluding ortho intramolecular Hbond substituents is 1. The van der Waals surface area contributed by atoms with E-state index in [9.17, 15) is 5.11 Å². The molecule has 0 heterocycles. The molecule has 0 aliphatic rings. The molecule has 2 aromatic carbocycles. The van der Waals surface area contributed by atoms with Crippen LogP contribution in [-0.2, 0) is 12.8 Å². The minimum absolute atomic E-state index is 0. The molecular formula is C19H20N3O2U-. The first kappa shape index (κ1) is 21.0. The standard InChI is InChI=1S/C19H20N3O2.U/c1-14(23)2-3-15-4-8-17(9-5-15)21-13-22-19(20)12-16-6-10-18(24)11-7-16;/h1,4-11,13,23-24H,2-3,12H2,(H2,20,21,22);/q-1;. The van der Waals surface area contributed by atoms with Gasteiger partial charge in [-0.25, -0.2) is 9.98 Å². The molecule has 5 nitrogen and oxygen atoms in total. The number of benzene rings is 2. The maximum absolute atomic E-state index is 9.24. The van der Waals surface area contributed by atoms with Crippen molar-refractivity contribution in [2.45, 2.75) is 19.3 Å². The number of aliphatic hydroxyl groups excluding tert-OH is 1. The monoisotopic (exact) mass is 560 g/mol. The SMILES string of the molecule is [CH-]=C(O)CCc1ccc(N=CN=C(N)Cc2ccc(O)cc2)cc1.[U]. The van der Waals surface area contributed by atoms with Gasteiger partial charge >= 0.3 is 0 Å². The van der Waals surface area contributed by atoms with E-state index >= 15 is 0 Å². The quantitative estimate of drug-likeness (QED) is 0.210. The topological polar surface area (TPSA) is 91.2 Å². The Labute approximate surface area is 171 Å². The average Bonchev–Trinajstić information content (AvgIpc) is 2.56. The molecule has 0 fully saturated rings. The van der Waals surface area contributed by atoms with Crippen LogP contribution < -0.4 is 5.73 Å². The van der Waals surface area contributed by atoms with Gasteiger partial charge in [0.1, 0.15) is 17.9 Å². The number of aromatic hydroxyl groups is 1. The molecule has 0 bridgehead atoms. The molecule has 6 heteroatoms. The summed E-state index contributed by atoms with van der Waals surface area (Å²) >= 11 is 0. The van der Waals surface area contributed by atoms with Crippen LogP contribution in [0.25, 0.3) is 0 Å². The van der Waals surface area contributed by atoms with Gasteiger partial charge in [-0.15, -0.1) is 0 Å². The Hall–Kier alpha value is -2.03. The van der Waals surface area contributed by atoms with Crippen molar-refractivity contribution >= 4 is 17.9 Å². The number of aliphatic imine (C=N–C) groups is 2. The van der Waals surface area contributed by atoms with Crippen LogP contribution in [0, 0.1) is 37.7 Å². The van der Waals surface area contributed by atoms with Gasteiger partial charge in [-0.05, 0) is 48.2 Å². The van der Waals surface area contributed by atoms with Crippen molar-refractivity contribution in [3.05, 3.63) is 72.0 Å². The van der Waals surface area contributed by atoms with Gasteiger partial charge < -0.3 is 22.5 Å². The molecule has 0 amide bonds. The van der Waals surface area contributed by atoms with Gasteiger partial charge in [0.05, 0.1) is 5.69 Å². The third-order valence-electron chi connectivity index (χ3n) is 3.36. The van der Waals surface area contributed by atoms with Gasteiger partial charge in [0.25, 0.3) is 0 Å². The largest absolute Gasteiger partial charge is 0.549 e. The molecule has 0 aromatic heterocycles. The average molecular weight is 560 g/mol. The van der Waals surface area contributed by atoms with Crippen molar-refractivity contribution in [3.63, 3.8) is 0 Å². The number of nitrogens with zero attached hydrogens (tertiary/aromatic N) is 2. The molecule has 0 aliphatic carbocycles. The van der Waals surface area contributed by atoms with Gasteiger partial charge in [0.2, 0.25) is 0 Å². The third kappa shape index (κ3) is 8.06. The van der Waals surface area contributed by atoms with Crippen molar-refractivity contribution in [2.24, 2.45) is 15.7 Å². The molecule has 128 valence electrons. The van der Waals surface area contributed by atoms with E-state index in [1.54, 1.807) is 24.3 Å². The fraction of sp³-hybridized carbons (Fsp3) is 0.158. The van der Waals surface area contributed by atoms with Crippen molar-refractivity contribution in [3.8, 4) is 5.75 Å². The zero-order valence-corrected chi connectivity index (χ0v) is 17.9. The maximum Gasteiger partial charge on any atom is 0.118 e. The van der Waals surface area contributed by atoms with Crippen molar-refractivity contribution in [2.75, 3.05) is 0 Å². The van der Waals surface area contributed by atoms with Crippen molar-refractivity contribution in [1.82, 2.24) is 0 Å². The molecule has 2 rings (SSSR count). The Bertz CT molecular complexity index is 738. The Morgan fingerprint density at radius 2 is 1.64 bits per heavy atom. The van der Waals surface area contributed by atoms with E-state index in [-0.39, 0.29) is 42.6 Å². The van der Waals surface area contributed by atoms with E-state index in [2.05, 4.69) is 9.98 Å². The molecule has 0 spiro atoms. The van der Waals surface area contributed by atoms with Gasteiger partial charge in [-0.2, -0.15) is 0 Å². The summed E-state index contributed by atoms with van der Waals surface area (Å²) in [6.07, 6.45) is 3.04. The summed E-state index contributed by atoms with van der Waals surface area (Å²) in [6, 6.07) is 14.4. The number of nitrogens with two attached hydrogens (primary N) is 1. The van der Waals surface area contributed by atoms with Crippen LogP contribution in [0.1, 0.15) is 17.5 Å². The first-order valence-electron chi connectivity index (χ1n) is 7.55. The van der Waals surface area contributed by atoms with E-state index in [0.29, 0.717) is 25.1 Å². The summed E-state index contributed by atoms with van der Waals surface area (Å²) in [5, 5.41) is 18.2. The Balaban J connectivity index is 0.00000312. The molecule has 0 saturated carbocycles. The van der Waals surface area contributed by atoms with Gasteiger partial charge in [0.15, 0.2) is 0 Å². The molecule has 4 N–H and O–H groups in total. The fourth-order valence-electron chi connectivity index (χ4n) is 2.06. The predicted molar refractivity (Wildman–Crippen MR) is 96.8 cm³/mol. The van der Waals surface area contributed by atoms with E-state index in [1.165, 1.54) is 6.34 Å². The van der Waals surface area contributed by atoms with Crippen molar-refractivity contribution in [1.29, 1.82) is 0 Å². The minimum Gasteiger partial charge on any atom is -0.549 e. The first-order valence-corrected chi connectivity index (χ1v) is 7.55. The fourth-order valence-corrected chi connectivity index (χ4v) is 2.06. The third-order valence-corrected chi connectivity index (χ3v) is 3.36. The predicted octanol–water partition coefficient (Wildman–Crippen LogP) is 3.46. The summed E-state index contributed by atoms with van der Waals surface area (Å²) < 4.78 is 0. The number of amidine groups is 1. The molecule has 2 aromatic rings. The number of allylic oxidation sites excluding steroid dienone is 1. The molecule has 0 aliphatic heterocycles. The Morgan fingerprint density at radius 1 is 1.04 bits per heavy atom. The van der Waals surface area contributed by atoms with Gasteiger partial charge in [-0.3, -0.25) is 0 Å². The molecular weight excluding hydrogens is 540 g/mol. The summed E-state index contributed by atoms with van der Waals surface area (Å²) in [4.78, 5) is 8.33. The summed E-state index contributed by atoms with van der Waals surface area (Å²) in [5.74, 6) is 0.601. The van der Waals surface area contributed by atoms with E-state index in [4.69, 9.17) is 17.4 Å². The number of aliphatic hydroxyl groups is 1. The van der Waals surface area contributed by atoms with Crippen LogP contribution in [0.4, 0.5) is 5.69 Å². The van der Waals surface area contributed by atoms with Crippen LogP contribution in [0.5, 0.6) is 5.75 Å². The number of aryl methyl sites for hydroxylation is 1. The normalized spacial score (nSPS) is 11.3. The van der Waals surface area contributed by atoms with Crippen LogP contribution in [0.3, 0.4) is 0 Å². The number of phenols is 1. The van der Waals surface area contributed by atoms with Crippen LogP contribution in [0.2, 0.25) is 0 Å². The van der Waals surface area contributed by atoms with Gasteiger partial charge in [-0.1, -0.05) is 30.0 Å². The van der Waals surface area contributed by atoms with Crippen LogP contribution >= 0.6 is 0 Å². The molecule has 25 heavy (non-hydrogen) atoms. The second kappa shape index (κ2) is 10.8. The maximum atomic E-state index is 9.24. The van der Waals surface area contributed by atoms with Crippen molar-refractivity contribution < 1.29 is 41.3 Å². The molecule has 0 saturated heterocycles. The first-order chi connectivity index (χ1) is 11.5. The minimum atomic E-state index is -0.0597. The second-order valence-corrected chi connectivity index (χ2v) is 5.37. The summed E-state index contributed by atoms with van der Waals surface area (Å²) in [5.41, 5.74) is 8.66. The summed E-state index contributed by atoms with van der Waals surface area (Å²) in [6.45, 7) is 5.24. The smallest absolute Gasteiger partial charge is 0.118 e. The zero-order chi connectivity index (χ0) is 17.4. The summed E-state index contributed by atoms with van der Waals surface area (Å²) in [7, 11) is 0. The van der Waals surface area contributed by atoms with Gasteiger partial charge in [0, 0.05) is 37.5 Å². The zero-order valence-electron chi connectivity index (χ0n) is 13.8. The number of hydrogen-bond donors (Lipinski definition) is 3. The molecule has 0 unspecified atom stereocenters. The van der Waals surface area contributed by atoms with E-state index in [1.807, 2.05) is 24.3 Å². The molecule has 0 radical (unpaired) electrons.